The third kappa shape index (κ3) is 2.96. The minimum atomic E-state index is -0.231. The van der Waals surface area contributed by atoms with E-state index in [0.29, 0.717) is 24.6 Å². The first-order chi connectivity index (χ1) is 13.8. The van der Waals surface area contributed by atoms with Gasteiger partial charge in [-0.1, -0.05) is 48.5 Å². The lowest BCUT2D eigenvalue weighted by atomic mass is 10.1. The van der Waals surface area contributed by atoms with Crippen LogP contribution in [0.25, 0.3) is 11.4 Å². The van der Waals surface area contributed by atoms with E-state index in [1.54, 1.807) is 16.8 Å². The van der Waals surface area contributed by atoms with Gasteiger partial charge in [-0.15, -0.1) is 5.10 Å². The first-order valence-corrected chi connectivity index (χ1v) is 9.23. The summed E-state index contributed by atoms with van der Waals surface area (Å²) in [7, 11) is 0. The van der Waals surface area contributed by atoms with Gasteiger partial charge < -0.3 is 14.8 Å². The van der Waals surface area contributed by atoms with Crippen molar-refractivity contribution in [2.75, 3.05) is 13.2 Å². The van der Waals surface area contributed by atoms with E-state index in [1.807, 2.05) is 48.5 Å². The van der Waals surface area contributed by atoms with Crippen LogP contribution in [0.1, 0.15) is 16.4 Å². The number of hydrogen-bond donors (Lipinski definition) is 1. The van der Waals surface area contributed by atoms with Crippen molar-refractivity contribution in [3.63, 3.8) is 0 Å². The van der Waals surface area contributed by atoms with Gasteiger partial charge in [-0.05, 0) is 22.6 Å². The van der Waals surface area contributed by atoms with Crippen molar-refractivity contribution in [2.24, 2.45) is 0 Å². The van der Waals surface area contributed by atoms with Crippen LogP contribution in [0.4, 0.5) is 0 Å². The SMILES string of the molecule is O=C(NC1COC2C1OCC2n1nnnc1-c1ccccc1)c1ccccc1. The second kappa shape index (κ2) is 7.14. The Hall–Kier alpha value is -3.10. The van der Waals surface area contributed by atoms with E-state index >= 15 is 0 Å². The molecule has 0 bridgehead atoms. The summed E-state index contributed by atoms with van der Waals surface area (Å²) in [4.78, 5) is 12.5. The molecule has 3 aromatic rings. The summed E-state index contributed by atoms with van der Waals surface area (Å²) in [6.07, 6.45) is -0.447. The van der Waals surface area contributed by atoms with Crippen molar-refractivity contribution in [3.05, 3.63) is 66.2 Å². The molecular weight excluding hydrogens is 358 g/mol. The number of rotatable bonds is 4. The van der Waals surface area contributed by atoms with Crippen molar-refractivity contribution in [1.82, 2.24) is 25.5 Å². The second-order valence-electron chi connectivity index (χ2n) is 6.92. The van der Waals surface area contributed by atoms with Crippen molar-refractivity contribution < 1.29 is 14.3 Å². The molecule has 142 valence electrons. The van der Waals surface area contributed by atoms with Gasteiger partial charge in [0.05, 0.1) is 19.3 Å². The molecule has 0 spiro atoms. The zero-order valence-corrected chi connectivity index (χ0v) is 15.0. The molecule has 8 nitrogen and oxygen atoms in total. The summed E-state index contributed by atoms with van der Waals surface area (Å²) in [5.41, 5.74) is 1.55. The van der Waals surface area contributed by atoms with Crippen molar-refractivity contribution in [3.8, 4) is 11.4 Å². The highest BCUT2D eigenvalue weighted by Gasteiger charge is 2.50. The first-order valence-electron chi connectivity index (χ1n) is 9.23. The van der Waals surface area contributed by atoms with Gasteiger partial charge in [0.15, 0.2) is 5.82 Å². The molecule has 2 aliphatic rings. The predicted molar refractivity (Wildman–Crippen MR) is 99.5 cm³/mol. The molecule has 4 atom stereocenters. The Kier molecular flexibility index (Phi) is 4.34. The highest BCUT2D eigenvalue weighted by Crippen LogP contribution is 2.35. The van der Waals surface area contributed by atoms with E-state index in [4.69, 9.17) is 9.47 Å². The van der Waals surface area contributed by atoms with Crippen molar-refractivity contribution in [1.29, 1.82) is 0 Å². The van der Waals surface area contributed by atoms with Crippen LogP contribution in [0, 0.1) is 0 Å². The van der Waals surface area contributed by atoms with Crippen LogP contribution >= 0.6 is 0 Å². The number of tetrazole rings is 1. The van der Waals surface area contributed by atoms with Crippen LogP contribution in [0.2, 0.25) is 0 Å². The fraction of sp³-hybridized carbons (Fsp3) is 0.300. The van der Waals surface area contributed by atoms with E-state index in [9.17, 15) is 4.79 Å². The van der Waals surface area contributed by atoms with Crippen LogP contribution in [-0.4, -0.2) is 57.6 Å². The summed E-state index contributed by atoms with van der Waals surface area (Å²) in [6.45, 7) is 0.825. The molecule has 2 aromatic carbocycles. The number of amides is 1. The topological polar surface area (TPSA) is 91.2 Å². The average molecular weight is 377 g/mol. The smallest absolute Gasteiger partial charge is 0.251 e. The largest absolute Gasteiger partial charge is 0.371 e. The number of benzene rings is 2. The molecule has 1 N–H and O–H groups in total. The Balaban J connectivity index is 1.33. The summed E-state index contributed by atoms with van der Waals surface area (Å²) in [5.74, 6) is 0.546. The fourth-order valence-corrected chi connectivity index (χ4v) is 3.85. The third-order valence-electron chi connectivity index (χ3n) is 5.22. The van der Waals surface area contributed by atoms with Gasteiger partial charge in [-0.2, -0.15) is 0 Å². The highest BCUT2D eigenvalue weighted by atomic mass is 16.6. The first kappa shape index (κ1) is 17.0. The number of hydrogen-bond acceptors (Lipinski definition) is 6. The molecule has 5 rings (SSSR count). The van der Waals surface area contributed by atoms with E-state index in [-0.39, 0.29) is 30.2 Å². The molecule has 2 saturated heterocycles. The van der Waals surface area contributed by atoms with Gasteiger partial charge in [-0.25, -0.2) is 4.68 Å². The Morgan fingerprint density at radius 2 is 1.68 bits per heavy atom. The lowest BCUT2D eigenvalue weighted by molar-refractivity contribution is 0.0615. The maximum Gasteiger partial charge on any atom is 0.251 e. The Bertz CT molecular complexity index is 962. The Morgan fingerprint density at radius 3 is 2.46 bits per heavy atom. The van der Waals surface area contributed by atoms with Crippen LogP contribution in [-0.2, 0) is 9.47 Å². The lowest BCUT2D eigenvalue weighted by Gasteiger charge is -2.18. The summed E-state index contributed by atoms with van der Waals surface area (Å²) in [5, 5.41) is 15.2. The number of nitrogens with one attached hydrogen (secondary N) is 1. The number of carbonyl (C=O) groups is 1. The zero-order valence-electron chi connectivity index (χ0n) is 15.0. The van der Waals surface area contributed by atoms with E-state index in [1.165, 1.54) is 0 Å². The molecule has 2 fully saturated rings. The summed E-state index contributed by atoms with van der Waals surface area (Å²) >= 11 is 0. The van der Waals surface area contributed by atoms with Gasteiger partial charge in [-0.3, -0.25) is 4.79 Å². The normalized spacial score (nSPS) is 26.1. The van der Waals surface area contributed by atoms with E-state index in [2.05, 4.69) is 20.8 Å². The molecule has 2 aliphatic heterocycles. The van der Waals surface area contributed by atoms with E-state index in [0.717, 1.165) is 5.56 Å². The third-order valence-corrected chi connectivity index (χ3v) is 5.22. The number of ether oxygens (including phenoxy) is 2. The van der Waals surface area contributed by atoms with Gasteiger partial charge in [0.1, 0.15) is 18.2 Å². The van der Waals surface area contributed by atoms with E-state index < -0.39 is 0 Å². The predicted octanol–water partition coefficient (Wildman–Crippen LogP) is 1.48. The monoisotopic (exact) mass is 377 g/mol. The number of carbonyl (C=O) groups excluding carboxylic acids is 1. The molecule has 28 heavy (non-hydrogen) atoms. The number of aromatic nitrogens is 4. The van der Waals surface area contributed by atoms with Crippen molar-refractivity contribution in [2.45, 2.75) is 24.3 Å². The van der Waals surface area contributed by atoms with Gasteiger partial charge in [0.2, 0.25) is 0 Å². The van der Waals surface area contributed by atoms with Crippen LogP contribution in [0.3, 0.4) is 0 Å². The molecule has 0 aliphatic carbocycles. The van der Waals surface area contributed by atoms with Gasteiger partial charge in [0.25, 0.3) is 5.91 Å². The highest BCUT2D eigenvalue weighted by molar-refractivity contribution is 5.94. The van der Waals surface area contributed by atoms with Crippen LogP contribution in [0.15, 0.2) is 60.7 Å². The summed E-state index contributed by atoms with van der Waals surface area (Å²) < 4.78 is 13.8. The Labute approximate surface area is 161 Å². The number of nitrogens with zero attached hydrogens (tertiary/aromatic N) is 4. The molecule has 1 aromatic heterocycles. The second-order valence-corrected chi connectivity index (χ2v) is 6.92. The maximum atomic E-state index is 12.5. The molecule has 8 heteroatoms. The van der Waals surface area contributed by atoms with Crippen LogP contribution < -0.4 is 5.32 Å². The molecule has 4 unspecified atom stereocenters. The standard InChI is InChI=1S/C20H19N5O3/c26-20(14-9-5-2-6-10-14)21-15-11-27-18-16(12-28-17(15)18)25-19(22-23-24-25)13-7-3-1-4-8-13/h1-10,15-18H,11-12H2,(H,21,26). The quantitative estimate of drug-likeness (QED) is 0.741. The lowest BCUT2D eigenvalue weighted by Crippen LogP contribution is -2.44. The Morgan fingerprint density at radius 1 is 0.964 bits per heavy atom. The molecule has 3 heterocycles. The van der Waals surface area contributed by atoms with Gasteiger partial charge >= 0.3 is 0 Å². The molecule has 0 radical (unpaired) electrons. The molecular formula is C20H19N5O3. The molecule has 1 amide bonds. The maximum absolute atomic E-state index is 12.5. The van der Waals surface area contributed by atoms with Gasteiger partial charge in [0, 0.05) is 11.1 Å². The zero-order chi connectivity index (χ0) is 18.9. The van der Waals surface area contributed by atoms with Crippen LogP contribution in [0.5, 0.6) is 0 Å². The molecule has 0 saturated carbocycles. The average Bonchev–Trinajstić information content (AvgIpc) is 3.46. The summed E-state index contributed by atoms with van der Waals surface area (Å²) in [6, 6.07) is 18.6. The fourth-order valence-electron chi connectivity index (χ4n) is 3.85. The van der Waals surface area contributed by atoms with Crippen molar-refractivity contribution >= 4 is 5.91 Å². The minimum Gasteiger partial charge on any atom is -0.371 e. The minimum absolute atomic E-state index is 0.130. The number of fused-ring (bicyclic) bond motifs is 1.